The molecule has 0 spiro atoms. The fraction of sp³-hybridized carbons (Fsp3) is 1.00. The molecule has 0 heterocycles. The topological polar surface area (TPSA) is 63.2 Å². The van der Waals surface area contributed by atoms with Gasteiger partial charge in [0, 0.05) is 14.2 Å². The van der Waals surface area contributed by atoms with Crippen molar-refractivity contribution in [3.8, 4) is 0 Å². The van der Waals surface area contributed by atoms with Crippen molar-refractivity contribution in [2.75, 3.05) is 27.4 Å². The van der Waals surface area contributed by atoms with Crippen LogP contribution in [0, 0.1) is 0 Å². The molecule has 8 heteroatoms. The lowest BCUT2D eigenvalue weighted by molar-refractivity contribution is 0.0885. The molecule has 0 bridgehead atoms. The van der Waals surface area contributed by atoms with Gasteiger partial charge >= 0.3 is 16.2 Å². The molecule has 17 heavy (non-hydrogen) atoms. The van der Waals surface area contributed by atoms with E-state index in [1.165, 1.54) is 14.2 Å². The molecular formula is C9H22O6P2. The van der Waals surface area contributed by atoms with Crippen molar-refractivity contribution < 1.29 is 27.2 Å². The third kappa shape index (κ3) is 4.92. The van der Waals surface area contributed by atoms with Crippen LogP contribution in [0.1, 0.15) is 27.7 Å². The van der Waals surface area contributed by atoms with Gasteiger partial charge in [-0.2, -0.15) is 0 Å². The predicted octanol–water partition coefficient (Wildman–Crippen LogP) is 3.52. The largest absolute Gasteiger partial charge is 0.361 e. The Bertz CT molecular complexity index is 244. The summed E-state index contributed by atoms with van der Waals surface area (Å²) in [4.78, 5) is 0. The number of hydrogen-bond acceptors (Lipinski definition) is 6. The van der Waals surface area contributed by atoms with E-state index in [0.717, 1.165) is 0 Å². The summed E-state index contributed by atoms with van der Waals surface area (Å²) in [6.07, 6.45) is 0. The van der Waals surface area contributed by atoms with E-state index in [1.54, 1.807) is 13.8 Å². The van der Waals surface area contributed by atoms with E-state index in [2.05, 4.69) is 0 Å². The Morgan fingerprint density at radius 2 is 1.47 bits per heavy atom. The monoisotopic (exact) mass is 288 g/mol. The zero-order chi connectivity index (χ0) is 13.5. The zero-order valence-corrected chi connectivity index (χ0v) is 13.0. The second kappa shape index (κ2) is 7.80. The summed E-state index contributed by atoms with van der Waals surface area (Å²) < 4.78 is 38.2. The van der Waals surface area contributed by atoms with Gasteiger partial charge in [0.25, 0.3) is 0 Å². The predicted molar refractivity (Wildman–Crippen MR) is 67.0 cm³/mol. The number of hydrogen-bond donors (Lipinski definition) is 0. The molecule has 0 fully saturated rings. The van der Waals surface area contributed by atoms with E-state index in [4.69, 9.17) is 22.6 Å². The second-order valence-corrected chi connectivity index (χ2v) is 7.41. The molecule has 0 aromatic carbocycles. The second-order valence-electron chi connectivity index (χ2n) is 3.46. The first-order chi connectivity index (χ1) is 7.86. The average molecular weight is 288 g/mol. The highest BCUT2D eigenvalue weighted by Crippen LogP contribution is 2.63. The normalized spacial score (nSPS) is 13.4. The Morgan fingerprint density at radius 3 is 1.76 bits per heavy atom. The van der Waals surface area contributed by atoms with Crippen LogP contribution in [0.4, 0.5) is 0 Å². The van der Waals surface area contributed by atoms with E-state index in [-0.39, 0.29) is 0 Å². The average Bonchev–Trinajstić information content (AvgIpc) is 2.28. The summed E-state index contributed by atoms with van der Waals surface area (Å²) in [6.45, 7) is 7.80. The molecule has 0 aromatic heterocycles. The van der Waals surface area contributed by atoms with Crippen LogP contribution in [-0.4, -0.2) is 32.8 Å². The summed E-state index contributed by atoms with van der Waals surface area (Å²) in [5, 5.41) is -1.13. The van der Waals surface area contributed by atoms with Crippen LogP contribution in [-0.2, 0) is 27.2 Å². The quantitative estimate of drug-likeness (QED) is 0.605. The van der Waals surface area contributed by atoms with Gasteiger partial charge in [-0.3, -0.25) is 9.09 Å². The van der Waals surface area contributed by atoms with E-state index >= 15 is 0 Å². The highest BCUT2D eigenvalue weighted by molar-refractivity contribution is 7.56. The maximum absolute atomic E-state index is 12.2. The van der Waals surface area contributed by atoms with Crippen LogP contribution >= 0.6 is 16.2 Å². The minimum Gasteiger partial charge on any atom is -0.313 e. The van der Waals surface area contributed by atoms with Gasteiger partial charge in [-0.05, 0) is 27.7 Å². The molecule has 0 unspecified atom stereocenters. The van der Waals surface area contributed by atoms with Crippen LogP contribution in [0.25, 0.3) is 0 Å². The van der Waals surface area contributed by atoms with Crippen molar-refractivity contribution >= 4 is 16.2 Å². The summed E-state index contributed by atoms with van der Waals surface area (Å²) in [5.41, 5.74) is 0. The van der Waals surface area contributed by atoms with Gasteiger partial charge in [0.2, 0.25) is 0 Å². The standard InChI is InChI=1S/C9H22O6P2/c1-7-13-16(14-8-2)15-9(3,4)17(10,11-5)12-6/h7-8H2,1-6H3. The third-order valence-corrected chi connectivity index (χ3v) is 5.97. The van der Waals surface area contributed by atoms with Gasteiger partial charge in [0.1, 0.15) is 0 Å². The first-order valence-electron chi connectivity index (χ1n) is 5.33. The number of rotatable bonds is 9. The lowest BCUT2D eigenvalue weighted by atomic mass is 10.5. The molecule has 6 nitrogen and oxygen atoms in total. The van der Waals surface area contributed by atoms with Crippen molar-refractivity contribution in [3.63, 3.8) is 0 Å². The maximum atomic E-state index is 12.2. The minimum atomic E-state index is -3.35. The fourth-order valence-electron chi connectivity index (χ4n) is 1.05. The highest BCUT2D eigenvalue weighted by atomic mass is 31.2. The Balaban J connectivity index is 4.74. The Kier molecular flexibility index (Phi) is 8.01. The van der Waals surface area contributed by atoms with E-state index in [1.807, 2.05) is 13.8 Å². The lowest BCUT2D eigenvalue weighted by Crippen LogP contribution is -2.25. The summed E-state index contributed by atoms with van der Waals surface area (Å²) >= 11 is 0. The SMILES string of the molecule is CCOP(OCC)OC(C)(C)P(=O)(OC)OC. The summed E-state index contributed by atoms with van der Waals surface area (Å²) in [6, 6.07) is 0. The van der Waals surface area contributed by atoms with Crippen molar-refractivity contribution in [2.45, 2.75) is 33.0 Å². The van der Waals surface area contributed by atoms with Crippen LogP contribution in [0.5, 0.6) is 0 Å². The minimum absolute atomic E-state index is 0.450. The van der Waals surface area contributed by atoms with E-state index in [9.17, 15) is 4.57 Å². The molecule has 0 saturated heterocycles. The molecule has 0 amide bonds. The maximum Gasteiger partial charge on any atom is 0.361 e. The molecule has 0 N–H and O–H groups in total. The van der Waals surface area contributed by atoms with Gasteiger partial charge < -0.3 is 18.1 Å². The van der Waals surface area contributed by atoms with Crippen molar-refractivity contribution in [1.29, 1.82) is 0 Å². The summed E-state index contributed by atoms with van der Waals surface area (Å²) in [5.74, 6) is 0. The Hall–Kier alpha value is 0.460. The molecular weight excluding hydrogens is 266 g/mol. The lowest BCUT2D eigenvalue weighted by Gasteiger charge is -2.32. The van der Waals surface area contributed by atoms with Crippen LogP contribution in [0.3, 0.4) is 0 Å². The molecule has 0 atom stereocenters. The van der Waals surface area contributed by atoms with E-state index in [0.29, 0.717) is 13.2 Å². The van der Waals surface area contributed by atoms with Crippen molar-refractivity contribution in [2.24, 2.45) is 0 Å². The first kappa shape index (κ1) is 17.5. The van der Waals surface area contributed by atoms with Gasteiger partial charge in [-0.1, -0.05) is 0 Å². The molecule has 0 rings (SSSR count). The Morgan fingerprint density at radius 1 is 1.06 bits per heavy atom. The molecule has 0 aliphatic carbocycles. The Labute approximate surface area is 104 Å². The molecule has 104 valence electrons. The van der Waals surface area contributed by atoms with Crippen LogP contribution < -0.4 is 0 Å². The molecule has 0 aliphatic heterocycles. The third-order valence-electron chi connectivity index (χ3n) is 1.91. The molecule has 0 aromatic rings. The smallest absolute Gasteiger partial charge is 0.313 e. The van der Waals surface area contributed by atoms with Gasteiger partial charge in [0.05, 0.1) is 13.2 Å². The zero-order valence-electron chi connectivity index (χ0n) is 11.3. The van der Waals surface area contributed by atoms with Gasteiger partial charge in [-0.15, -0.1) is 0 Å². The van der Waals surface area contributed by atoms with E-state index < -0.39 is 21.5 Å². The molecule has 0 saturated carbocycles. The highest BCUT2D eigenvalue weighted by Gasteiger charge is 2.46. The molecule has 0 aliphatic rings. The van der Waals surface area contributed by atoms with Gasteiger partial charge in [-0.25, -0.2) is 0 Å². The summed E-state index contributed by atoms with van der Waals surface area (Å²) in [7, 11) is -2.27. The van der Waals surface area contributed by atoms with Crippen molar-refractivity contribution in [1.82, 2.24) is 0 Å². The van der Waals surface area contributed by atoms with Crippen molar-refractivity contribution in [3.05, 3.63) is 0 Å². The fourth-order valence-corrected chi connectivity index (χ4v) is 3.64. The van der Waals surface area contributed by atoms with Crippen LogP contribution in [0.2, 0.25) is 0 Å². The van der Waals surface area contributed by atoms with Crippen LogP contribution in [0.15, 0.2) is 0 Å². The molecule has 0 radical (unpaired) electrons. The first-order valence-corrected chi connectivity index (χ1v) is 7.97. The van der Waals surface area contributed by atoms with Gasteiger partial charge in [0.15, 0.2) is 5.34 Å².